The highest BCUT2D eigenvalue weighted by Gasteiger charge is 2.30. The number of hydrogen-bond donors (Lipinski definition) is 1. The molecule has 1 unspecified atom stereocenters. The van der Waals surface area contributed by atoms with Gasteiger partial charge >= 0.3 is 6.09 Å². The zero-order valence-corrected chi connectivity index (χ0v) is 20.0. The predicted molar refractivity (Wildman–Crippen MR) is 117 cm³/mol. The number of carbonyl (C=O) groups is 1. The number of pyridine rings is 1. The smallest absolute Gasteiger partial charge is 0.410 e. The maximum Gasteiger partial charge on any atom is 0.410 e. The molecule has 0 aromatic carbocycles. The normalized spacial score (nSPS) is 17.5. The topological polar surface area (TPSA) is 97.8 Å². The Morgan fingerprint density at radius 2 is 2.10 bits per heavy atom. The van der Waals surface area contributed by atoms with E-state index in [1.54, 1.807) is 4.90 Å². The van der Waals surface area contributed by atoms with Gasteiger partial charge in [0.2, 0.25) is 0 Å². The average Bonchev–Trinajstić information content (AvgIpc) is 2.64. The first-order valence-electron chi connectivity index (χ1n) is 10.3. The van der Waals surface area contributed by atoms with Crippen molar-refractivity contribution in [2.75, 3.05) is 31.3 Å². The van der Waals surface area contributed by atoms with Gasteiger partial charge in [0.05, 0.1) is 17.9 Å². The van der Waals surface area contributed by atoms with Crippen molar-refractivity contribution >= 4 is 33.6 Å². The van der Waals surface area contributed by atoms with E-state index in [0.29, 0.717) is 19.5 Å². The van der Waals surface area contributed by atoms with Crippen LogP contribution < -0.4 is 5.32 Å². The van der Waals surface area contributed by atoms with Gasteiger partial charge in [0.15, 0.2) is 11.6 Å². The van der Waals surface area contributed by atoms with E-state index < -0.39 is 21.5 Å². The number of amides is 1. The number of carbonyl (C=O) groups excluding carboxylic acids is 1. The van der Waals surface area contributed by atoms with Crippen LogP contribution in [0.3, 0.4) is 0 Å². The van der Waals surface area contributed by atoms with Gasteiger partial charge in [0, 0.05) is 37.3 Å². The molecule has 1 saturated heterocycles. The molecule has 8 nitrogen and oxygen atoms in total. The molecule has 1 amide bonds. The van der Waals surface area contributed by atoms with Gasteiger partial charge in [-0.3, -0.25) is 4.18 Å². The van der Waals surface area contributed by atoms with Crippen LogP contribution in [0.2, 0.25) is 5.02 Å². The molecule has 1 aromatic rings. The summed E-state index contributed by atoms with van der Waals surface area (Å²) in [7, 11) is -3.62. The van der Waals surface area contributed by atoms with Crippen LogP contribution in [-0.2, 0) is 25.5 Å². The first-order chi connectivity index (χ1) is 14.4. The van der Waals surface area contributed by atoms with Crippen LogP contribution in [-0.4, -0.2) is 62.0 Å². The monoisotopic (exact) mass is 479 g/mol. The molecule has 2 rings (SSSR count). The predicted octanol–water partition coefficient (Wildman–Crippen LogP) is 3.98. The van der Waals surface area contributed by atoms with E-state index in [4.69, 9.17) is 16.3 Å². The third kappa shape index (κ3) is 8.42. The molecule has 1 aromatic heterocycles. The van der Waals surface area contributed by atoms with Gasteiger partial charge in [-0.25, -0.2) is 14.2 Å². The maximum absolute atomic E-state index is 14.8. The van der Waals surface area contributed by atoms with E-state index in [-0.39, 0.29) is 41.6 Å². The molecule has 0 aliphatic carbocycles. The molecular weight excluding hydrogens is 449 g/mol. The minimum absolute atomic E-state index is 0.00547. The standard InChI is InChI=1S/C20H31ClFN3O5S/c1-20(2,3)30-19(26)25-11-6-5-7-14(25)8-10-23-18-17(22)15(16(21)13-24-18)9-12-29-31(4,27)28/h13-14H,5-12H2,1-4H3,(H,23,24). The Bertz CT molecular complexity index is 876. The molecule has 11 heteroatoms. The largest absolute Gasteiger partial charge is 0.444 e. The number of halogens is 2. The van der Waals surface area contributed by atoms with Gasteiger partial charge in [-0.2, -0.15) is 8.42 Å². The molecule has 1 N–H and O–H groups in total. The highest BCUT2D eigenvalue weighted by atomic mass is 35.5. The lowest BCUT2D eigenvalue weighted by molar-refractivity contribution is 0.00929. The van der Waals surface area contributed by atoms with E-state index in [1.807, 2.05) is 20.8 Å². The molecule has 0 spiro atoms. The molecule has 31 heavy (non-hydrogen) atoms. The molecule has 1 atom stereocenters. The minimum atomic E-state index is -3.62. The molecule has 0 saturated carbocycles. The maximum atomic E-state index is 14.8. The molecule has 176 valence electrons. The first kappa shape index (κ1) is 25.6. The number of ether oxygens (including phenoxy) is 1. The Kier molecular flexibility index (Phi) is 8.91. The van der Waals surface area contributed by atoms with Crippen LogP contribution in [0.5, 0.6) is 0 Å². The van der Waals surface area contributed by atoms with Gasteiger partial charge in [0.25, 0.3) is 10.1 Å². The second-order valence-electron chi connectivity index (χ2n) is 8.56. The van der Waals surface area contributed by atoms with E-state index in [0.717, 1.165) is 25.5 Å². The Morgan fingerprint density at radius 3 is 2.74 bits per heavy atom. The second kappa shape index (κ2) is 10.8. The Hall–Kier alpha value is -1.65. The fraction of sp³-hybridized carbons (Fsp3) is 0.700. The van der Waals surface area contributed by atoms with E-state index in [9.17, 15) is 17.6 Å². The number of nitrogens with zero attached hydrogens (tertiary/aromatic N) is 2. The van der Waals surface area contributed by atoms with E-state index in [2.05, 4.69) is 14.5 Å². The van der Waals surface area contributed by atoms with Crippen LogP contribution in [0.25, 0.3) is 0 Å². The molecular formula is C20H31ClFN3O5S. The quantitative estimate of drug-likeness (QED) is 0.563. The van der Waals surface area contributed by atoms with Gasteiger partial charge in [-0.05, 0) is 46.5 Å². The van der Waals surface area contributed by atoms with Crippen molar-refractivity contribution in [2.24, 2.45) is 0 Å². The highest BCUT2D eigenvalue weighted by Crippen LogP contribution is 2.25. The molecule has 1 aliphatic heterocycles. The van der Waals surface area contributed by atoms with Gasteiger partial charge < -0.3 is 15.0 Å². The number of piperidine rings is 1. The first-order valence-corrected chi connectivity index (χ1v) is 12.5. The summed E-state index contributed by atoms with van der Waals surface area (Å²) in [5, 5.41) is 3.06. The summed E-state index contributed by atoms with van der Waals surface area (Å²) < 4.78 is 47.2. The average molecular weight is 480 g/mol. The van der Waals surface area contributed by atoms with E-state index >= 15 is 0 Å². The Labute approximate surface area is 188 Å². The fourth-order valence-electron chi connectivity index (χ4n) is 3.37. The van der Waals surface area contributed by atoms with Crippen molar-refractivity contribution in [3.05, 3.63) is 22.6 Å². The molecule has 2 heterocycles. The number of likely N-dealkylation sites (tertiary alicyclic amines) is 1. The van der Waals surface area contributed by atoms with Crippen LogP contribution in [0.15, 0.2) is 6.20 Å². The summed E-state index contributed by atoms with van der Waals surface area (Å²) in [4.78, 5) is 18.3. The van der Waals surface area contributed by atoms with Gasteiger partial charge in [-0.15, -0.1) is 0 Å². The number of aromatic nitrogens is 1. The SMILES string of the molecule is CC(C)(C)OC(=O)N1CCCCC1CCNc1ncc(Cl)c(CCOS(C)(=O)=O)c1F. The molecule has 0 bridgehead atoms. The van der Waals surface area contributed by atoms with Crippen molar-refractivity contribution < 1.29 is 26.5 Å². The van der Waals surface area contributed by atoms with Crippen molar-refractivity contribution in [3.63, 3.8) is 0 Å². The number of anilines is 1. The van der Waals surface area contributed by atoms with Crippen molar-refractivity contribution in [1.82, 2.24) is 9.88 Å². The summed E-state index contributed by atoms with van der Waals surface area (Å²) in [5.74, 6) is -0.615. The second-order valence-corrected chi connectivity index (χ2v) is 10.6. The molecule has 1 aliphatic rings. The molecule has 1 fully saturated rings. The van der Waals surface area contributed by atoms with Crippen LogP contribution in [0.4, 0.5) is 15.0 Å². The van der Waals surface area contributed by atoms with Gasteiger partial charge in [-0.1, -0.05) is 11.6 Å². The lowest BCUT2D eigenvalue weighted by Gasteiger charge is -2.36. The van der Waals surface area contributed by atoms with Crippen LogP contribution in [0.1, 0.15) is 52.0 Å². The lowest BCUT2D eigenvalue weighted by atomic mass is 10.00. The van der Waals surface area contributed by atoms with E-state index in [1.165, 1.54) is 6.20 Å². The Balaban J connectivity index is 1.97. The third-order valence-corrected chi connectivity index (χ3v) is 5.66. The van der Waals surface area contributed by atoms with Crippen molar-refractivity contribution in [1.29, 1.82) is 0 Å². The number of hydrogen-bond acceptors (Lipinski definition) is 7. The molecule has 0 radical (unpaired) electrons. The summed E-state index contributed by atoms with van der Waals surface area (Å²) in [6.07, 6.45) is 5.30. The summed E-state index contributed by atoms with van der Waals surface area (Å²) in [6, 6.07) is -0.00547. The number of rotatable bonds is 8. The third-order valence-electron chi connectivity index (χ3n) is 4.74. The van der Waals surface area contributed by atoms with Crippen LogP contribution >= 0.6 is 11.6 Å². The fourth-order valence-corrected chi connectivity index (χ4v) is 3.98. The minimum Gasteiger partial charge on any atom is -0.444 e. The lowest BCUT2D eigenvalue weighted by Crippen LogP contribution is -2.46. The summed E-state index contributed by atoms with van der Waals surface area (Å²) in [5.41, 5.74) is -0.430. The highest BCUT2D eigenvalue weighted by molar-refractivity contribution is 7.85. The van der Waals surface area contributed by atoms with Crippen molar-refractivity contribution in [3.8, 4) is 0 Å². The Morgan fingerprint density at radius 1 is 1.39 bits per heavy atom. The zero-order chi connectivity index (χ0) is 23.2. The van der Waals surface area contributed by atoms with Crippen LogP contribution in [0, 0.1) is 5.82 Å². The number of nitrogens with one attached hydrogen (secondary N) is 1. The zero-order valence-electron chi connectivity index (χ0n) is 18.4. The summed E-state index contributed by atoms with van der Waals surface area (Å²) in [6.45, 7) is 6.31. The summed E-state index contributed by atoms with van der Waals surface area (Å²) >= 11 is 6.02. The van der Waals surface area contributed by atoms with Gasteiger partial charge in [0.1, 0.15) is 5.60 Å². The van der Waals surface area contributed by atoms with Crippen molar-refractivity contribution in [2.45, 2.75) is 64.5 Å².